The number of aryl methyl sites for hydroxylation is 1. The normalized spacial score (nSPS) is 18.5. The van der Waals surface area contributed by atoms with Gasteiger partial charge in [-0.1, -0.05) is 11.6 Å². The summed E-state index contributed by atoms with van der Waals surface area (Å²) >= 11 is 7.27. The SMILES string of the molecule is Cc1nsc(NC2CCN(c3ncc(C(F)(F)F)cc3Cl)C2)n1. The van der Waals surface area contributed by atoms with Crippen LogP contribution in [-0.2, 0) is 6.18 Å². The maximum atomic E-state index is 12.6. The Hall–Kier alpha value is -1.61. The Labute approximate surface area is 139 Å². The van der Waals surface area contributed by atoms with Gasteiger partial charge in [0.2, 0.25) is 5.13 Å². The van der Waals surface area contributed by atoms with Gasteiger partial charge < -0.3 is 10.2 Å². The third-order valence-electron chi connectivity index (χ3n) is 3.49. The van der Waals surface area contributed by atoms with Crippen LogP contribution in [0.25, 0.3) is 0 Å². The topological polar surface area (TPSA) is 53.9 Å². The van der Waals surface area contributed by atoms with Crippen LogP contribution < -0.4 is 10.2 Å². The minimum Gasteiger partial charge on any atom is -0.356 e. The molecule has 3 heterocycles. The number of aromatic nitrogens is 3. The largest absolute Gasteiger partial charge is 0.417 e. The van der Waals surface area contributed by atoms with Gasteiger partial charge in [0.1, 0.15) is 11.6 Å². The third kappa shape index (κ3) is 3.66. The quantitative estimate of drug-likeness (QED) is 0.903. The van der Waals surface area contributed by atoms with Crippen LogP contribution in [0.4, 0.5) is 24.1 Å². The highest BCUT2D eigenvalue weighted by molar-refractivity contribution is 7.09. The molecule has 2 aromatic rings. The maximum Gasteiger partial charge on any atom is 0.417 e. The molecule has 0 aromatic carbocycles. The molecule has 2 aromatic heterocycles. The van der Waals surface area contributed by atoms with Gasteiger partial charge in [-0.25, -0.2) is 9.97 Å². The predicted octanol–water partition coefficient (Wildman–Crippen LogP) is 3.60. The third-order valence-corrected chi connectivity index (χ3v) is 4.51. The van der Waals surface area contributed by atoms with Gasteiger partial charge in [-0.2, -0.15) is 17.5 Å². The van der Waals surface area contributed by atoms with E-state index in [2.05, 4.69) is 19.7 Å². The summed E-state index contributed by atoms with van der Waals surface area (Å²) in [6, 6.07) is 1.04. The molecule has 1 fully saturated rings. The van der Waals surface area contributed by atoms with Gasteiger partial charge in [-0.05, 0) is 19.4 Å². The fourth-order valence-electron chi connectivity index (χ4n) is 2.42. The van der Waals surface area contributed by atoms with Crippen molar-refractivity contribution >= 4 is 34.1 Å². The molecule has 0 radical (unpaired) electrons. The standard InChI is InChI=1S/C13H13ClF3N5S/c1-7-19-12(23-21-7)20-9-2-3-22(6-9)11-10(14)4-8(5-18-11)13(15,16)17/h4-5,9H,2-3,6H2,1H3,(H,19,20,21). The van der Waals surface area contributed by atoms with Gasteiger partial charge in [-0.15, -0.1) is 0 Å². The van der Waals surface area contributed by atoms with E-state index in [1.54, 1.807) is 0 Å². The molecule has 0 spiro atoms. The second-order valence-electron chi connectivity index (χ2n) is 5.25. The van der Waals surface area contributed by atoms with Crippen molar-refractivity contribution in [2.24, 2.45) is 0 Å². The van der Waals surface area contributed by atoms with Gasteiger partial charge in [0, 0.05) is 36.9 Å². The summed E-state index contributed by atoms with van der Waals surface area (Å²) < 4.78 is 42.0. The van der Waals surface area contributed by atoms with E-state index in [1.165, 1.54) is 11.5 Å². The molecular formula is C13H13ClF3N5S. The molecule has 1 atom stereocenters. The van der Waals surface area contributed by atoms with E-state index in [0.29, 0.717) is 24.7 Å². The van der Waals surface area contributed by atoms with Crippen LogP contribution in [0.2, 0.25) is 5.02 Å². The predicted molar refractivity (Wildman–Crippen MR) is 83.1 cm³/mol. The summed E-state index contributed by atoms with van der Waals surface area (Å²) in [4.78, 5) is 10.0. The van der Waals surface area contributed by atoms with Crippen molar-refractivity contribution in [1.29, 1.82) is 0 Å². The van der Waals surface area contributed by atoms with E-state index in [9.17, 15) is 13.2 Å². The molecule has 1 N–H and O–H groups in total. The number of pyridine rings is 1. The summed E-state index contributed by atoms with van der Waals surface area (Å²) in [7, 11) is 0. The number of nitrogens with one attached hydrogen (secondary N) is 1. The average Bonchev–Trinajstić information content (AvgIpc) is 3.07. The van der Waals surface area contributed by atoms with Crippen molar-refractivity contribution in [3.63, 3.8) is 0 Å². The molecule has 5 nitrogen and oxygen atoms in total. The maximum absolute atomic E-state index is 12.6. The number of halogens is 4. The zero-order valence-corrected chi connectivity index (χ0v) is 13.6. The van der Waals surface area contributed by atoms with E-state index < -0.39 is 11.7 Å². The Morgan fingerprint density at radius 1 is 1.43 bits per heavy atom. The van der Waals surface area contributed by atoms with E-state index >= 15 is 0 Å². The summed E-state index contributed by atoms with van der Waals surface area (Å²) in [5.41, 5.74) is -0.843. The first-order valence-corrected chi connectivity index (χ1v) is 8.02. The van der Waals surface area contributed by atoms with E-state index in [4.69, 9.17) is 11.6 Å². The number of rotatable bonds is 3. The Kier molecular flexibility index (Phi) is 4.33. The lowest BCUT2D eigenvalue weighted by Crippen LogP contribution is -2.27. The minimum atomic E-state index is -4.44. The average molecular weight is 364 g/mol. The van der Waals surface area contributed by atoms with Crippen molar-refractivity contribution in [3.8, 4) is 0 Å². The fraction of sp³-hybridized carbons (Fsp3) is 0.462. The van der Waals surface area contributed by atoms with Crippen molar-refractivity contribution in [2.75, 3.05) is 23.3 Å². The summed E-state index contributed by atoms with van der Waals surface area (Å²) in [5, 5.41) is 4.01. The van der Waals surface area contributed by atoms with Crippen LogP contribution in [0.1, 0.15) is 17.8 Å². The number of nitrogens with zero attached hydrogens (tertiary/aromatic N) is 4. The zero-order valence-electron chi connectivity index (χ0n) is 12.1. The first-order chi connectivity index (χ1) is 10.8. The molecule has 1 aliphatic heterocycles. The van der Waals surface area contributed by atoms with Crippen molar-refractivity contribution < 1.29 is 13.2 Å². The number of anilines is 2. The molecule has 3 rings (SSSR count). The lowest BCUT2D eigenvalue weighted by atomic mass is 10.2. The van der Waals surface area contributed by atoms with Crippen LogP contribution in [-0.4, -0.2) is 33.5 Å². The van der Waals surface area contributed by atoms with Crippen molar-refractivity contribution in [2.45, 2.75) is 25.6 Å². The summed E-state index contributed by atoms with van der Waals surface area (Å²) in [6.45, 7) is 3.07. The number of alkyl halides is 3. The van der Waals surface area contributed by atoms with Crippen LogP contribution in [0.5, 0.6) is 0 Å². The molecule has 1 unspecified atom stereocenters. The van der Waals surface area contributed by atoms with Gasteiger partial charge in [0.05, 0.1) is 10.6 Å². The van der Waals surface area contributed by atoms with E-state index in [0.717, 1.165) is 23.8 Å². The molecule has 1 aliphatic rings. The first-order valence-electron chi connectivity index (χ1n) is 6.87. The van der Waals surface area contributed by atoms with Gasteiger partial charge in [0.15, 0.2) is 0 Å². The minimum absolute atomic E-state index is 0.00670. The number of hydrogen-bond donors (Lipinski definition) is 1. The molecular weight excluding hydrogens is 351 g/mol. The van der Waals surface area contributed by atoms with E-state index in [-0.39, 0.29) is 11.1 Å². The number of hydrogen-bond acceptors (Lipinski definition) is 6. The zero-order chi connectivity index (χ0) is 16.6. The monoisotopic (exact) mass is 363 g/mol. The van der Waals surface area contributed by atoms with Crippen LogP contribution >= 0.6 is 23.1 Å². The smallest absolute Gasteiger partial charge is 0.356 e. The Morgan fingerprint density at radius 3 is 2.83 bits per heavy atom. The first kappa shape index (κ1) is 16.3. The molecule has 1 saturated heterocycles. The molecule has 0 bridgehead atoms. The summed E-state index contributed by atoms with van der Waals surface area (Å²) in [6.07, 6.45) is -2.81. The highest BCUT2D eigenvalue weighted by Crippen LogP contribution is 2.34. The molecule has 0 aliphatic carbocycles. The lowest BCUT2D eigenvalue weighted by molar-refractivity contribution is -0.137. The lowest BCUT2D eigenvalue weighted by Gasteiger charge is -2.19. The van der Waals surface area contributed by atoms with Crippen molar-refractivity contribution in [3.05, 3.63) is 28.7 Å². The van der Waals surface area contributed by atoms with E-state index in [1.807, 2.05) is 11.8 Å². The summed E-state index contributed by atoms with van der Waals surface area (Å²) in [5.74, 6) is 1.08. The van der Waals surface area contributed by atoms with Crippen LogP contribution in [0.3, 0.4) is 0 Å². The molecule has 0 amide bonds. The Morgan fingerprint density at radius 2 is 2.22 bits per heavy atom. The Bertz CT molecular complexity index is 705. The molecule has 23 heavy (non-hydrogen) atoms. The molecule has 10 heteroatoms. The van der Waals surface area contributed by atoms with Gasteiger partial charge in [0.25, 0.3) is 0 Å². The van der Waals surface area contributed by atoms with Crippen molar-refractivity contribution in [1.82, 2.24) is 14.3 Å². The Balaban J connectivity index is 1.69. The highest BCUT2D eigenvalue weighted by Gasteiger charge is 2.33. The van der Waals surface area contributed by atoms with Crippen LogP contribution in [0.15, 0.2) is 12.3 Å². The molecule has 124 valence electrons. The highest BCUT2D eigenvalue weighted by atomic mass is 35.5. The second-order valence-corrected chi connectivity index (χ2v) is 6.41. The van der Waals surface area contributed by atoms with Gasteiger partial charge in [-0.3, -0.25) is 0 Å². The van der Waals surface area contributed by atoms with Gasteiger partial charge >= 0.3 is 6.18 Å². The fourth-order valence-corrected chi connectivity index (χ4v) is 3.36. The second kappa shape index (κ2) is 6.12. The van der Waals surface area contributed by atoms with Crippen LogP contribution in [0, 0.1) is 6.92 Å². The molecule has 0 saturated carbocycles.